The molecule has 1 atom stereocenters. The summed E-state index contributed by atoms with van der Waals surface area (Å²) in [4.78, 5) is 0. The molecule has 0 aliphatic carbocycles. The minimum Gasteiger partial charge on any atom is -0.306 e. The number of hydrogen-bond donors (Lipinski definition) is 1. The van der Waals surface area contributed by atoms with E-state index in [1.807, 2.05) is 12.1 Å². The molecule has 2 heteroatoms. The quantitative estimate of drug-likeness (QED) is 0.789. The summed E-state index contributed by atoms with van der Waals surface area (Å²) in [6.45, 7) is 5.40. The van der Waals surface area contributed by atoms with Crippen molar-refractivity contribution in [2.75, 3.05) is 6.54 Å². The lowest BCUT2D eigenvalue weighted by atomic mass is 9.93. The van der Waals surface area contributed by atoms with Crippen molar-refractivity contribution in [2.45, 2.75) is 32.7 Å². The number of rotatable bonds is 6. The maximum atomic E-state index is 6.00. The lowest BCUT2D eigenvalue weighted by Crippen LogP contribution is -2.24. The van der Waals surface area contributed by atoms with E-state index >= 15 is 0 Å². The van der Waals surface area contributed by atoms with Crippen LogP contribution in [0.3, 0.4) is 0 Å². The van der Waals surface area contributed by atoms with E-state index in [1.165, 1.54) is 16.7 Å². The van der Waals surface area contributed by atoms with Gasteiger partial charge < -0.3 is 5.32 Å². The van der Waals surface area contributed by atoms with Gasteiger partial charge in [-0.2, -0.15) is 0 Å². The lowest BCUT2D eigenvalue weighted by molar-refractivity contribution is 0.595. The van der Waals surface area contributed by atoms with Crippen molar-refractivity contribution < 1.29 is 0 Å². The standard InChI is InChI=1S/C18H22ClN/c1-3-13-20-18(15-9-11-16(19)12-10-15)17-8-6-5-7-14(17)4-2/h5-12,18,20H,3-4,13H2,1-2H3. The van der Waals surface area contributed by atoms with Crippen LogP contribution in [0.2, 0.25) is 5.02 Å². The first-order valence-electron chi connectivity index (χ1n) is 7.33. The van der Waals surface area contributed by atoms with Crippen LogP contribution < -0.4 is 5.32 Å². The minimum atomic E-state index is 0.239. The van der Waals surface area contributed by atoms with Crippen molar-refractivity contribution in [1.29, 1.82) is 0 Å². The van der Waals surface area contributed by atoms with Crippen LogP contribution in [0.15, 0.2) is 48.5 Å². The molecule has 0 fully saturated rings. The number of aryl methyl sites for hydroxylation is 1. The smallest absolute Gasteiger partial charge is 0.0579 e. The summed E-state index contributed by atoms with van der Waals surface area (Å²) in [7, 11) is 0. The van der Waals surface area contributed by atoms with Crippen molar-refractivity contribution in [2.24, 2.45) is 0 Å². The molecule has 0 aromatic heterocycles. The highest BCUT2D eigenvalue weighted by atomic mass is 35.5. The second-order valence-corrected chi connectivity index (χ2v) is 5.43. The zero-order valence-corrected chi connectivity index (χ0v) is 13.0. The zero-order chi connectivity index (χ0) is 14.4. The molecule has 0 saturated heterocycles. The van der Waals surface area contributed by atoms with Gasteiger partial charge in [0.2, 0.25) is 0 Å². The summed E-state index contributed by atoms with van der Waals surface area (Å²) >= 11 is 6.00. The number of hydrogen-bond acceptors (Lipinski definition) is 1. The third-order valence-corrected chi connectivity index (χ3v) is 3.80. The molecule has 1 N–H and O–H groups in total. The van der Waals surface area contributed by atoms with E-state index in [2.05, 4.69) is 55.6 Å². The van der Waals surface area contributed by atoms with Crippen LogP contribution in [-0.4, -0.2) is 6.54 Å². The van der Waals surface area contributed by atoms with E-state index in [4.69, 9.17) is 11.6 Å². The molecule has 0 spiro atoms. The van der Waals surface area contributed by atoms with E-state index in [-0.39, 0.29) is 6.04 Å². The predicted molar refractivity (Wildman–Crippen MR) is 87.4 cm³/mol. The first kappa shape index (κ1) is 15.1. The monoisotopic (exact) mass is 287 g/mol. The minimum absolute atomic E-state index is 0.239. The summed E-state index contributed by atoms with van der Waals surface area (Å²) in [5, 5.41) is 4.44. The van der Waals surface area contributed by atoms with E-state index in [1.54, 1.807) is 0 Å². The van der Waals surface area contributed by atoms with Gasteiger partial charge in [-0.15, -0.1) is 0 Å². The molecule has 1 nitrogen and oxygen atoms in total. The first-order chi connectivity index (χ1) is 9.76. The Morgan fingerprint density at radius 2 is 1.70 bits per heavy atom. The molecular formula is C18H22ClN. The maximum absolute atomic E-state index is 6.00. The number of benzene rings is 2. The van der Waals surface area contributed by atoms with Gasteiger partial charge >= 0.3 is 0 Å². The van der Waals surface area contributed by atoms with Crippen LogP contribution in [0.25, 0.3) is 0 Å². The normalized spacial score (nSPS) is 12.3. The van der Waals surface area contributed by atoms with Gasteiger partial charge in [-0.25, -0.2) is 0 Å². The molecule has 0 radical (unpaired) electrons. The second-order valence-electron chi connectivity index (χ2n) is 4.99. The molecule has 0 aliphatic rings. The van der Waals surface area contributed by atoms with E-state index < -0.39 is 0 Å². The summed E-state index contributed by atoms with van der Waals surface area (Å²) in [5.41, 5.74) is 4.03. The van der Waals surface area contributed by atoms with Crippen molar-refractivity contribution in [1.82, 2.24) is 5.32 Å². The molecule has 0 amide bonds. The SMILES string of the molecule is CCCNC(c1ccc(Cl)cc1)c1ccccc1CC. The molecule has 0 aliphatic heterocycles. The van der Waals surface area contributed by atoms with Crippen LogP contribution in [0, 0.1) is 0 Å². The summed E-state index contributed by atoms with van der Waals surface area (Å²) < 4.78 is 0. The number of nitrogens with one attached hydrogen (secondary N) is 1. The van der Waals surface area contributed by atoms with Crippen LogP contribution >= 0.6 is 11.6 Å². The third kappa shape index (κ3) is 3.62. The molecule has 20 heavy (non-hydrogen) atoms. The van der Waals surface area contributed by atoms with Gasteiger partial charge in [0.15, 0.2) is 0 Å². The van der Waals surface area contributed by atoms with Gasteiger partial charge in [0.25, 0.3) is 0 Å². The van der Waals surface area contributed by atoms with Gasteiger partial charge in [0, 0.05) is 5.02 Å². The summed E-state index contributed by atoms with van der Waals surface area (Å²) in [6, 6.07) is 17.1. The van der Waals surface area contributed by atoms with Gasteiger partial charge in [-0.3, -0.25) is 0 Å². The van der Waals surface area contributed by atoms with Crippen LogP contribution in [-0.2, 0) is 6.42 Å². The topological polar surface area (TPSA) is 12.0 Å². The van der Waals surface area contributed by atoms with E-state index in [0.29, 0.717) is 0 Å². The van der Waals surface area contributed by atoms with E-state index in [9.17, 15) is 0 Å². The van der Waals surface area contributed by atoms with Gasteiger partial charge in [0.1, 0.15) is 0 Å². The average Bonchev–Trinajstić information content (AvgIpc) is 2.50. The Hall–Kier alpha value is -1.31. The maximum Gasteiger partial charge on any atom is 0.0579 e. The molecule has 0 bridgehead atoms. The molecular weight excluding hydrogens is 266 g/mol. The van der Waals surface area contributed by atoms with Crippen LogP contribution in [0.4, 0.5) is 0 Å². The molecule has 2 rings (SSSR count). The Labute approximate surface area is 127 Å². The Kier molecular flexibility index (Phi) is 5.63. The van der Waals surface area contributed by atoms with Crippen molar-refractivity contribution in [3.63, 3.8) is 0 Å². The molecule has 2 aromatic rings. The third-order valence-electron chi connectivity index (χ3n) is 3.55. The van der Waals surface area contributed by atoms with Gasteiger partial charge in [-0.05, 0) is 48.2 Å². The van der Waals surface area contributed by atoms with Gasteiger partial charge in [-0.1, -0.05) is 61.8 Å². The highest BCUT2D eigenvalue weighted by Crippen LogP contribution is 2.26. The predicted octanol–water partition coefficient (Wildman–Crippen LogP) is 4.99. The zero-order valence-electron chi connectivity index (χ0n) is 12.2. The Bertz CT molecular complexity index is 533. The first-order valence-corrected chi connectivity index (χ1v) is 7.70. The fraction of sp³-hybridized carbons (Fsp3) is 0.333. The lowest BCUT2D eigenvalue weighted by Gasteiger charge is -2.22. The van der Waals surface area contributed by atoms with Crippen molar-refractivity contribution >= 4 is 11.6 Å². The second kappa shape index (κ2) is 7.47. The fourth-order valence-electron chi connectivity index (χ4n) is 2.49. The van der Waals surface area contributed by atoms with E-state index in [0.717, 1.165) is 24.4 Å². The molecule has 106 valence electrons. The van der Waals surface area contributed by atoms with Crippen molar-refractivity contribution in [3.05, 3.63) is 70.2 Å². The van der Waals surface area contributed by atoms with Gasteiger partial charge in [0.05, 0.1) is 6.04 Å². The highest BCUT2D eigenvalue weighted by molar-refractivity contribution is 6.30. The van der Waals surface area contributed by atoms with Crippen molar-refractivity contribution in [3.8, 4) is 0 Å². The Morgan fingerprint density at radius 3 is 2.35 bits per heavy atom. The molecule has 2 aromatic carbocycles. The summed E-state index contributed by atoms with van der Waals surface area (Å²) in [5.74, 6) is 0. The molecule has 0 saturated carbocycles. The van der Waals surface area contributed by atoms with Crippen LogP contribution in [0.1, 0.15) is 43.0 Å². The highest BCUT2D eigenvalue weighted by Gasteiger charge is 2.15. The fourth-order valence-corrected chi connectivity index (χ4v) is 2.62. The molecule has 0 heterocycles. The summed E-state index contributed by atoms with van der Waals surface area (Å²) in [6.07, 6.45) is 2.17. The van der Waals surface area contributed by atoms with Crippen LogP contribution in [0.5, 0.6) is 0 Å². The number of halogens is 1. The Balaban J connectivity index is 2.38. The average molecular weight is 288 g/mol. The largest absolute Gasteiger partial charge is 0.306 e. The Morgan fingerprint density at radius 1 is 1.00 bits per heavy atom. The molecule has 1 unspecified atom stereocenters.